The first kappa shape index (κ1) is 71.9. The lowest BCUT2D eigenvalue weighted by molar-refractivity contribution is -0.230. The van der Waals surface area contributed by atoms with Gasteiger partial charge in [0.05, 0.1) is 70.3 Å². The van der Waals surface area contributed by atoms with E-state index in [1.54, 1.807) is 54.2 Å². The lowest BCUT2D eigenvalue weighted by Gasteiger charge is -2.36. The molecule has 2 saturated heterocycles. The predicted octanol–water partition coefficient (Wildman–Crippen LogP) is 4.62. The molecule has 7 N–H and O–H groups in total. The van der Waals surface area contributed by atoms with Crippen LogP contribution < -0.4 is 27.5 Å². The number of anilines is 1. The van der Waals surface area contributed by atoms with Gasteiger partial charge < -0.3 is 86.9 Å². The number of aliphatic hydroxyl groups excluding tert-OH is 6. The van der Waals surface area contributed by atoms with E-state index in [1.165, 1.54) is 52.2 Å². The van der Waals surface area contributed by atoms with Gasteiger partial charge in [-0.3, -0.25) is 28.8 Å². The van der Waals surface area contributed by atoms with Crippen LogP contribution in [0.4, 0.5) is 5.69 Å². The molecule has 526 valence electrons. The average molecular weight is 1370 g/mol. The number of hydrogen-bond acceptors (Lipinski definition) is 23. The number of H-pyrrole nitrogens is 1. The fourth-order valence-electron chi connectivity index (χ4n) is 12.5. The quantitative estimate of drug-likeness (QED) is 0.0315. The van der Waals surface area contributed by atoms with Crippen molar-refractivity contribution in [2.24, 2.45) is 21.7 Å². The number of benzene rings is 4. The maximum atomic E-state index is 14.6. The van der Waals surface area contributed by atoms with Crippen molar-refractivity contribution >= 4 is 61.4 Å². The summed E-state index contributed by atoms with van der Waals surface area (Å²) in [5, 5.41) is 71.6. The number of aromatic amines is 1. The number of methoxy groups -OCH3 is 1. The standard InChI is InChI=1S/C68H87N7O21S/c1-65(2,35-89-38-68(7,8)34-75-57(80)17-18-58(75)81)28-41-29-73(71-70-41)33-67(5,6)37-90-36-66(3,4)32-72(9)63(84)39-11-16-52(92-60-27-51(79)62(83)56(31-77)94-60)54(23-39)96-97(86,87)95-53-25-49-44(46-24-42(88-10)12-14-45(46)53)19-20-74(49)64(85)48-22-40-21-43(13-15-47(40)69-48)91-59-26-50(78)61(82)55(30-76)93-59/h11-18,21-25,29,50-51,55-56,59-62,69,76-79,82-83H,19-20,26-28,30-38H2,1-10H3/t50-,51?,55-,56-,59-,60-,61-,62-/m1/s1. The zero-order valence-corrected chi connectivity index (χ0v) is 56.8. The Labute approximate surface area is 561 Å². The van der Waals surface area contributed by atoms with Crippen molar-refractivity contribution in [3.05, 3.63) is 108 Å². The van der Waals surface area contributed by atoms with Gasteiger partial charge in [0.2, 0.25) is 12.6 Å². The second kappa shape index (κ2) is 28.9. The first-order valence-electron chi connectivity index (χ1n) is 32.0. The number of hydrogen-bond donors (Lipinski definition) is 7. The van der Waals surface area contributed by atoms with E-state index in [1.807, 2.05) is 47.7 Å². The molecule has 2 aromatic heterocycles. The van der Waals surface area contributed by atoms with Gasteiger partial charge in [-0.1, -0.05) is 60.6 Å². The summed E-state index contributed by atoms with van der Waals surface area (Å²) in [4.78, 5) is 60.6. The maximum Gasteiger partial charge on any atom is 0.501 e. The van der Waals surface area contributed by atoms with Gasteiger partial charge in [-0.15, -0.1) is 13.5 Å². The molecule has 10 rings (SSSR count). The van der Waals surface area contributed by atoms with Crippen LogP contribution in [0.5, 0.6) is 28.7 Å². The Balaban J connectivity index is 0.806. The minimum absolute atomic E-state index is 0.0264. The van der Waals surface area contributed by atoms with Crippen LogP contribution in [0, 0.1) is 21.7 Å². The summed E-state index contributed by atoms with van der Waals surface area (Å²) in [7, 11) is -2.16. The lowest BCUT2D eigenvalue weighted by Crippen LogP contribution is -2.51. The highest BCUT2D eigenvalue weighted by molar-refractivity contribution is 7.82. The molecular formula is C68H87N7O21S. The van der Waals surface area contributed by atoms with Crippen LogP contribution in [0.15, 0.2) is 85.1 Å². The number of fused-ring (bicyclic) bond motifs is 4. The van der Waals surface area contributed by atoms with Crippen LogP contribution in [0.3, 0.4) is 0 Å². The Morgan fingerprint density at radius 2 is 1.31 bits per heavy atom. The number of carbonyl (C=O) groups excluding carboxylic acids is 4. The number of carbonyl (C=O) groups is 4. The highest BCUT2D eigenvalue weighted by atomic mass is 32.3. The lowest BCUT2D eigenvalue weighted by atomic mass is 9.88. The predicted molar refractivity (Wildman–Crippen MR) is 350 cm³/mol. The van der Waals surface area contributed by atoms with E-state index in [2.05, 4.69) is 29.1 Å². The third-order valence-corrected chi connectivity index (χ3v) is 17.9. The van der Waals surface area contributed by atoms with Crippen LogP contribution >= 0.6 is 0 Å². The first-order valence-corrected chi connectivity index (χ1v) is 33.3. The summed E-state index contributed by atoms with van der Waals surface area (Å²) in [6, 6.07) is 16.8. The summed E-state index contributed by atoms with van der Waals surface area (Å²) in [6.07, 6.45) is -4.97. The van der Waals surface area contributed by atoms with Crippen LogP contribution in [-0.2, 0) is 58.3 Å². The molecule has 6 aromatic rings. The Kier molecular flexibility index (Phi) is 21.5. The molecule has 4 aliphatic rings. The summed E-state index contributed by atoms with van der Waals surface area (Å²) in [5.41, 5.74) is 0.725. The number of rotatable bonds is 29. The molecule has 2 fully saturated rings. The Bertz CT molecular complexity index is 4000. The number of imide groups is 1. The molecule has 0 aliphatic carbocycles. The SMILES string of the molecule is COc1ccc2c(OS(=O)(=O)Oc3cc(C(=O)N(C)CC(C)(C)COCC(C)(C)Cn4cc(CC(C)(C)COCC(C)(C)CN5C(=O)C=CC5=O)nn4)ccc3O[C@H]3CC(O)[C@@H](O)[C@@H](CO)O3)cc3c(c2c1)CCN3C(=O)c1cc2cc(O[C@H]3C[C@@H](O)[C@@H](O)[C@@H](CO)O3)ccc2[nH]1. The normalized spacial score (nSPS) is 21.8. The van der Waals surface area contributed by atoms with Crippen molar-refractivity contribution in [1.29, 1.82) is 0 Å². The molecule has 4 aliphatic heterocycles. The number of nitrogens with one attached hydrogen (secondary N) is 1. The molecule has 97 heavy (non-hydrogen) atoms. The van der Waals surface area contributed by atoms with Gasteiger partial charge in [-0.05, 0) is 83.4 Å². The molecule has 4 aromatic carbocycles. The van der Waals surface area contributed by atoms with Crippen molar-refractivity contribution in [2.75, 3.05) is 78.3 Å². The largest absolute Gasteiger partial charge is 0.501 e. The molecule has 1 unspecified atom stereocenters. The number of nitrogens with zero attached hydrogens (tertiary/aromatic N) is 6. The topological polar surface area (TPSA) is 363 Å². The zero-order chi connectivity index (χ0) is 70.1. The van der Waals surface area contributed by atoms with E-state index in [-0.39, 0.29) is 79.1 Å². The van der Waals surface area contributed by atoms with Gasteiger partial charge in [-0.2, -0.15) is 0 Å². The van der Waals surface area contributed by atoms with E-state index in [0.717, 1.165) is 11.8 Å². The molecule has 8 atom stereocenters. The van der Waals surface area contributed by atoms with Crippen molar-refractivity contribution in [1.82, 2.24) is 29.8 Å². The fourth-order valence-corrected chi connectivity index (χ4v) is 13.2. The third kappa shape index (κ3) is 17.4. The number of ether oxygens (including phenoxy) is 7. The molecular weight excluding hydrogens is 1280 g/mol. The van der Waals surface area contributed by atoms with Crippen molar-refractivity contribution in [2.45, 2.75) is 137 Å². The minimum atomic E-state index is -5.22. The van der Waals surface area contributed by atoms with Gasteiger partial charge >= 0.3 is 10.4 Å². The molecule has 4 amide bonds. The molecule has 28 nitrogen and oxygen atoms in total. The van der Waals surface area contributed by atoms with E-state index >= 15 is 0 Å². The van der Waals surface area contributed by atoms with Gasteiger partial charge in [0.25, 0.3) is 23.6 Å². The average Bonchev–Trinajstić information content (AvgIpc) is 1.66. The highest BCUT2D eigenvalue weighted by Crippen LogP contribution is 2.44. The monoisotopic (exact) mass is 1370 g/mol. The third-order valence-electron chi connectivity index (χ3n) is 17.2. The van der Waals surface area contributed by atoms with Crippen LogP contribution in [-0.4, -0.2) is 215 Å². The Morgan fingerprint density at radius 1 is 0.701 bits per heavy atom. The Morgan fingerprint density at radius 3 is 1.96 bits per heavy atom. The Hall–Kier alpha value is -7.81. The molecule has 0 spiro atoms. The van der Waals surface area contributed by atoms with Gasteiger partial charge in [0, 0.05) is 115 Å². The summed E-state index contributed by atoms with van der Waals surface area (Å²) >= 11 is 0. The summed E-state index contributed by atoms with van der Waals surface area (Å²) in [5.74, 6) is -1.94. The molecule has 0 bridgehead atoms. The summed E-state index contributed by atoms with van der Waals surface area (Å²) in [6.45, 7) is 17.2. The molecule has 0 radical (unpaired) electrons. The number of aromatic nitrogens is 4. The number of aliphatic hydroxyl groups is 6. The smallest absolute Gasteiger partial charge is 0.497 e. The van der Waals surface area contributed by atoms with Gasteiger partial charge in [0.15, 0.2) is 17.2 Å². The zero-order valence-electron chi connectivity index (χ0n) is 56.0. The van der Waals surface area contributed by atoms with Crippen molar-refractivity contribution in [3.63, 3.8) is 0 Å². The molecule has 0 saturated carbocycles. The maximum absolute atomic E-state index is 14.6. The van der Waals surface area contributed by atoms with Crippen LogP contribution in [0.1, 0.15) is 100 Å². The van der Waals surface area contributed by atoms with E-state index in [0.29, 0.717) is 83.6 Å². The highest BCUT2D eigenvalue weighted by Gasteiger charge is 2.41. The molecule has 6 heterocycles. The van der Waals surface area contributed by atoms with Gasteiger partial charge in [0.1, 0.15) is 41.6 Å². The van der Waals surface area contributed by atoms with Crippen LogP contribution in [0.2, 0.25) is 0 Å². The van der Waals surface area contributed by atoms with Crippen molar-refractivity contribution in [3.8, 4) is 28.7 Å². The van der Waals surface area contributed by atoms with Crippen LogP contribution in [0.25, 0.3) is 21.7 Å². The van der Waals surface area contributed by atoms with E-state index in [4.69, 9.17) is 41.5 Å². The van der Waals surface area contributed by atoms with E-state index < -0.39 is 107 Å². The van der Waals surface area contributed by atoms with Crippen molar-refractivity contribution < 1.29 is 99.8 Å². The fraction of sp³-hybridized carbons (Fsp3) is 0.529. The summed E-state index contributed by atoms with van der Waals surface area (Å²) < 4.78 is 83.9. The number of amides is 4. The van der Waals surface area contributed by atoms with E-state index in [9.17, 15) is 58.2 Å². The molecule has 29 heteroatoms. The second-order valence-corrected chi connectivity index (χ2v) is 29.7. The minimum Gasteiger partial charge on any atom is -0.497 e. The second-order valence-electron chi connectivity index (χ2n) is 28.5. The van der Waals surface area contributed by atoms with Gasteiger partial charge in [-0.25, -0.2) is 0 Å². The first-order chi connectivity index (χ1) is 45.7.